The Bertz CT molecular complexity index is 314. The van der Waals surface area contributed by atoms with Gasteiger partial charge in [0.25, 0.3) is 0 Å². The van der Waals surface area contributed by atoms with Gasteiger partial charge in [-0.25, -0.2) is 0 Å². The van der Waals surface area contributed by atoms with Crippen molar-refractivity contribution in [3.05, 3.63) is 0 Å². The molecule has 6 heteroatoms. The number of nitrogens with zero attached hydrogens (tertiary/aromatic N) is 1. The van der Waals surface area contributed by atoms with Gasteiger partial charge in [0.1, 0.15) is 0 Å². The highest BCUT2D eigenvalue weighted by Crippen LogP contribution is 2.31. The fourth-order valence-electron chi connectivity index (χ4n) is 2.01. The molecule has 0 radical (unpaired) electrons. The summed E-state index contributed by atoms with van der Waals surface area (Å²) in [5, 5.41) is 7.26. The van der Waals surface area contributed by atoms with Crippen molar-refractivity contribution < 1.29 is 9.53 Å². The van der Waals surface area contributed by atoms with E-state index in [2.05, 4.69) is 15.6 Å². The van der Waals surface area contributed by atoms with Crippen LogP contribution in [0.15, 0.2) is 4.99 Å². The Morgan fingerprint density at radius 1 is 1.59 bits per heavy atom. The van der Waals surface area contributed by atoms with Gasteiger partial charge in [0.15, 0.2) is 5.17 Å². The van der Waals surface area contributed by atoms with E-state index in [1.54, 1.807) is 11.8 Å². The zero-order chi connectivity index (χ0) is 12.1. The molecule has 2 heterocycles. The highest BCUT2D eigenvalue weighted by atomic mass is 32.2. The van der Waals surface area contributed by atoms with E-state index < -0.39 is 0 Å². The third kappa shape index (κ3) is 3.61. The Balaban J connectivity index is 1.76. The van der Waals surface area contributed by atoms with Crippen LogP contribution < -0.4 is 10.6 Å². The number of amidine groups is 1. The molecule has 2 aliphatic heterocycles. The Morgan fingerprint density at radius 2 is 2.35 bits per heavy atom. The second kappa shape index (κ2) is 5.73. The quantitative estimate of drug-likeness (QED) is 0.717. The number of carbonyl (C=O) groups excluding carboxylic acids is 1. The number of nitrogens with one attached hydrogen (secondary N) is 2. The molecule has 0 aliphatic carbocycles. The molecule has 0 bridgehead atoms. The first kappa shape index (κ1) is 12.7. The van der Waals surface area contributed by atoms with Crippen molar-refractivity contribution in [3.8, 4) is 0 Å². The fraction of sp³-hybridized carbons (Fsp3) is 0.818. The van der Waals surface area contributed by atoms with Gasteiger partial charge in [0, 0.05) is 32.4 Å². The Hall–Kier alpha value is -0.750. The normalized spacial score (nSPS) is 24.9. The van der Waals surface area contributed by atoms with Crippen molar-refractivity contribution in [1.82, 2.24) is 10.6 Å². The van der Waals surface area contributed by atoms with Crippen molar-refractivity contribution in [2.75, 3.05) is 32.1 Å². The molecule has 2 aliphatic rings. The van der Waals surface area contributed by atoms with Gasteiger partial charge in [-0.05, 0) is 12.8 Å². The number of hydrogen-bond donors (Lipinski definition) is 2. The minimum atomic E-state index is -0.00173. The van der Waals surface area contributed by atoms with E-state index in [0.717, 1.165) is 37.0 Å². The summed E-state index contributed by atoms with van der Waals surface area (Å²) in [6.45, 7) is 4.45. The van der Waals surface area contributed by atoms with E-state index in [0.29, 0.717) is 13.1 Å². The van der Waals surface area contributed by atoms with Crippen molar-refractivity contribution in [3.63, 3.8) is 0 Å². The lowest BCUT2D eigenvalue weighted by molar-refractivity contribution is -0.118. The van der Waals surface area contributed by atoms with Crippen LogP contribution in [0.4, 0.5) is 0 Å². The molecule has 0 unspecified atom stereocenters. The molecule has 2 N–H and O–H groups in total. The van der Waals surface area contributed by atoms with Gasteiger partial charge in [0.2, 0.25) is 5.91 Å². The first-order valence-electron chi connectivity index (χ1n) is 5.98. The van der Waals surface area contributed by atoms with Crippen LogP contribution in [0.5, 0.6) is 0 Å². The summed E-state index contributed by atoms with van der Waals surface area (Å²) >= 11 is 1.78. The molecule has 1 amide bonds. The van der Waals surface area contributed by atoms with Gasteiger partial charge in [0.05, 0.1) is 12.1 Å². The summed E-state index contributed by atoms with van der Waals surface area (Å²) in [5.74, 6) is 1.08. The van der Waals surface area contributed by atoms with Crippen LogP contribution in [-0.2, 0) is 9.53 Å². The van der Waals surface area contributed by atoms with E-state index in [1.165, 1.54) is 6.92 Å². The second-order valence-corrected chi connectivity index (χ2v) is 5.44. The first-order valence-corrected chi connectivity index (χ1v) is 6.96. The average Bonchev–Trinajstić information content (AvgIpc) is 2.69. The molecular formula is C11H19N3O2S. The number of amides is 1. The molecule has 2 saturated heterocycles. The van der Waals surface area contributed by atoms with E-state index in [1.807, 2.05) is 0 Å². The van der Waals surface area contributed by atoms with Crippen LogP contribution in [0.1, 0.15) is 19.8 Å². The topological polar surface area (TPSA) is 62.7 Å². The minimum absolute atomic E-state index is 0.00173. The minimum Gasteiger partial charge on any atom is -0.381 e. The smallest absolute Gasteiger partial charge is 0.216 e. The lowest BCUT2D eigenvalue weighted by Gasteiger charge is -2.32. The highest BCUT2D eigenvalue weighted by molar-refractivity contribution is 8.14. The molecule has 0 saturated carbocycles. The molecule has 5 nitrogen and oxygen atoms in total. The van der Waals surface area contributed by atoms with Gasteiger partial charge in [-0.15, -0.1) is 0 Å². The molecule has 1 spiro atoms. The molecule has 17 heavy (non-hydrogen) atoms. The number of hydrogen-bond acceptors (Lipinski definition) is 4. The van der Waals surface area contributed by atoms with E-state index in [9.17, 15) is 4.79 Å². The van der Waals surface area contributed by atoms with Gasteiger partial charge in [-0.2, -0.15) is 0 Å². The maximum Gasteiger partial charge on any atom is 0.216 e. The van der Waals surface area contributed by atoms with Crippen molar-refractivity contribution in [2.45, 2.75) is 25.3 Å². The van der Waals surface area contributed by atoms with Gasteiger partial charge < -0.3 is 15.4 Å². The maximum atomic E-state index is 10.7. The van der Waals surface area contributed by atoms with Crippen LogP contribution in [-0.4, -0.2) is 48.7 Å². The van der Waals surface area contributed by atoms with E-state index in [-0.39, 0.29) is 11.4 Å². The number of aliphatic imine (C=N–C) groups is 1. The van der Waals surface area contributed by atoms with Crippen molar-refractivity contribution in [2.24, 2.45) is 4.99 Å². The van der Waals surface area contributed by atoms with Crippen LogP contribution in [0.2, 0.25) is 0 Å². The predicted octanol–water partition coefficient (Wildman–Crippen LogP) is 0.364. The van der Waals surface area contributed by atoms with Crippen LogP contribution in [0.25, 0.3) is 0 Å². The second-order valence-electron chi connectivity index (χ2n) is 4.48. The lowest BCUT2D eigenvalue weighted by atomic mass is 9.93. The number of carbonyl (C=O) groups is 1. The Kier molecular flexibility index (Phi) is 4.28. The summed E-state index contributed by atoms with van der Waals surface area (Å²) in [4.78, 5) is 15.1. The standard InChI is InChI=1S/C11H19N3O2S/c1-9(15)12-4-5-13-10-14-11(8-17-10)2-6-16-7-3-11/h2-8H2,1H3,(H,12,15)(H,13,14). The molecule has 2 rings (SSSR count). The average molecular weight is 257 g/mol. The zero-order valence-corrected chi connectivity index (χ0v) is 10.9. The van der Waals surface area contributed by atoms with E-state index in [4.69, 9.17) is 4.74 Å². The predicted molar refractivity (Wildman–Crippen MR) is 69.4 cm³/mol. The summed E-state index contributed by atoms with van der Waals surface area (Å²) in [7, 11) is 0. The largest absolute Gasteiger partial charge is 0.381 e. The lowest BCUT2D eigenvalue weighted by Crippen LogP contribution is -2.48. The SMILES string of the molecule is CC(=O)NCCN=C1NC2(CCOCC2)CS1. The summed E-state index contributed by atoms with van der Waals surface area (Å²) < 4.78 is 5.38. The molecule has 2 fully saturated rings. The van der Waals surface area contributed by atoms with Crippen LogP contribution >= 0.6 is 11.8 Å². The Labute approximate surface area is 106 Å². The maximum absolute atomic E-state index is 10.7. The van der Waals surface area contributed by atoms with Gasteiger partial charge >= 0.3 is 0 Å². The molecule has 0 aromatic heterocycles. The molecule has 0 aromatic carbocycles. The number of rotatable bonds is 3. The molecule has 96 valence electrons. The van der Waals surface area contributed by atoms with Crippen LogP contribution in [0.3, 0.4) is 0 Å². The molecule has 0 aromatic rings. The summed E-state index contributed by atoms with van der Waals surface area (Å²) in [6.07, 6.45) is 2.12. The van der Waals surface area contributed by atoms with Gasteiger partial charge in [-0.1, -0.05) is 11.8 Å². The fourth-order valence-corrected chi connectivity index (χ4v) is 3.26. The monoisotopic (exact) mass is 257 g/mol. The first-order chi connectivity index (χ1) is 8.20. The zero-order valence-electron chi connectivity index (χ0n) is 10.1. The molecule has 0 atom stereocenters. The van der Waals surface area contributed by atoms with Crippen molar-refractivity contribution >= 4 is 22.8 Å². The third-order valence-corrected chi connectivity index (χ3v) is 4.25. The van der Waals surface area contributed by atoms with Crippen LogP contribution in [0, 0.1) is 0 Å². The highest BCUT2D eigenvalue weighted by Gasteiger charge is 2.38. The van der Waals surface area contributed by atoms with Gasteiger partial charge in [-0.3, -0.25) is 9.79 Å². The summed E-state index contributed by atoms with van der Waals surface area (Å²) in [5.41, 5.74) is 0.204. The van der Waals surface area contributed by atoms with Crippen molar-refractivity contribution in [1.29, 1.82) is 0 Å². The third-order valence-electron chi connectivity index (χ3n) is 3.05. The Morgan fingerprint density at radius 3 is 3.06 bits per heavy atom. The number of thioether (sulfide) groups is 1. The number of ether oxygens (including phenoxy) is 1. The van der Waals surface area contributed by atoms with E-state index >= 15 is 0 Å². The summed E-state index contributed by atoms with van der Waals surface area (Å²) in [6, 6.07) is 0. The molecular weight excluding hydrogens is 238 g/mol.